The molecule has 4 aliphatic heterocycles. The van der Waals surface area contributed by atoms with Crippen LogP contribution in [0.25, 0.3) is 44.6 Å². The Balaban J connectivity index is 0.000000152. The molecule has 0 saturated heterocycles. The number of aryl methyl sites for hydroxylation is 2. The first kappa shape index (κ1) is 48.6. The van der Waals surface area contributed by atoms with Crippen molar-refractivity contribution in [3.63, 3.8) is 0 Å². The molecule has 72 heavy (non-hydrogen) atoms. The van der Waals surface area contributed by atoms with E-state index < -0.39 is 56.8 Å². The maximum Gasteiger partial charge on any atom is 0.405 e. The third-order valence-electron chi connectivity index (χ3n) is 15.1. The number of esters is 2. The number of carboxylic acid groups (broad SMARTS) is 1. The number of nitrogens with one attached hydrogen (secondary N) is 1. The topological polar surface area (TPSA) is 293 Å². The molecule has 22 heteroatoms. The van der Waals surface area contributed by atoms with Crippen LogP contribution in [0.4, 0.5) is 13.6 Å². The van der Waals surface area contributed by atoms with Crippen LogP contribution in [0.5, 0.6) is 0 Å². The molecule has 0 bridgehead atoms. The molecular weight excluding hydrogens is 963 g/mol. The quantitative estimate of drug-likeness (QED) is 0.103. The van der Waals surface area contributed by atoms with Gasteiger partial charge in [0.05, 0.1) is 70.3 Å². The predicted molar refractivity (Wildman–Crippen MR) is 253 cm³/mol. The number of nitrogens with zero attached hydrogens (tertiary/aromatic N) is 4. The molecule has 1 amide bonds. The van der Waals surface area contributed by atoms with E-state index in [-0.39, 0.29) is 78.8 Å². The highest BCUT2D eigenvalue weighted by Crippen LogP contribution is 2.48. The van der Waals surface area contributed by atoms with Crippen molar-refractivity contribution in [2.75, 3.05) is 6.26 Å². The number of carbonyl (C=O) groups is 3. The Morgan fingerprint density at radius 3 is 1.60 bits per heavy atom. The predicted octanol–water partition coefficient (Wildman–Crippen LogP) is 4.76. The summed E-state index contributed by atoms with van der Waals surface area (Å²) in [6.07, 6.45) is 1.92. The van der Waals surface area contributed by atoms with Crippen molar-refractivity contribution in [1.82, 2.24) is 24.4 Å². The summed E-state index contributed by atoms with van der Waals surface area (Å²) in [6.45, 7) is 6.76. The van der Waals surface area contributed by atoms with Crippen LogP contribution < -0.4 is 22.2 Å². The molecule has 0 saturated carbocycles. The molecule has 2 unspecified atom stereocenters. The summed E-state index contributed by atoms with van der Waals surface area (Å²) in [4.78, 5) is 72.7. The number of hydrogen-bond acceptors (Lipinski definition) is 14. The van der Waals surface area contributed by atoms with Crippen LogP contribution in [-0.4, -0.2) is 71.7 Å². The number of ether oxygens (including phenoxy) is 2. The minimum Gasteiger partial charge on any atom is -0.465 e. The van der Waals surface area contributed by atoms with Crippen LogP contribution in [0, 0.1) is 25.5 Å². The number of cyclic esters (lactones) is 2. The molecule has 0 spiro atoms. The van der Waals surface area contributed by atoms with Gasteiger partial charge in [-0.2, -0.15) is 8.42 Å². The number of benzene rings is 2. The molecule has 2 aliphatic carbocycles. The van der Waals surface area contributed by atoms with E-state index in [4.69, 9.17) is 29.7 Å². The van der Waals surface area contributed by atoms with Gasteiger partial charge in [0.2, 0.25) is 0 Å². The number of hydrogen-bond donors (Lipinski definition) is 6. The maximum atomic E-state index is 14.8. The lowest BCUT2D eigenvalue weighted by Crippen LogP contribution is -2.44. The number of aromatic nitrogens is 4. The molecule has 0 fully saturated rings. The van der Waals surface area contributed by atoms with Crippen LogP contribution >= 0.6 is 0 Å². The van der Waals surface area contributed by atoms with Crippen molar-refractivity contribution in [3.05, 3.63) is 123 Å². The summed E-state index contributed by atoms with van der Waals surface area (Å²) in [6, 6.07) is 5.21. The van der Waals surface area contributed by atoms with Gasteiger partial charge < -0.3 is 45.0 Å². The van der Waals surface area contributed by atoms with Gasteiger partial charge in [-0.3, -0.25) is 14.1 Å². The van der Waals surface area contributed by atoms with Gasteiger partial charge in [-0.15, -0.1) is 0 Å². The Labute approximate surface area is 408 Å². The van der Waals surface area contributed by atoms with E-state index in [1.54, 1.807) is 44.4 Å². The summed E-state index contributed by atoms with van der Waals surface area (Å²) in [5, 5.41) is 35.7. The van der Waals surface area contributed by atoms with Gasteiger partial charge in [-0.25, -0.2) is 33.1 Å². The SMILES string of the molecule is CC[C@@]1(O)C(=O)OCc2c1cc1n(c2=O)Cc2c-1nc1cc(F)c(C)c3c1c2C(N)CC3.CC[C@@]1(O)C(=O)OCc2c1cc1n(c2=O)Cc2c-1nc1cc(F)c(C)c3c1c2C(NC(=O)O)CC3.CS(=O)(=O)O. The number of carbonyl (C=O) groups excluding carboxylic acids is 2. The number of pyridine rings is 4. The Morgan fingerprint density at radius 1 is 0.750 bits per heavy atom. The van der Waals surface area contributed by atoms with Crippen LogP contribution in [0.3, 0.4) is 0 Å². The highest BCUT2D eigenvalue weighted by Gasteiger charge is 2.47. The van der Waals surface area contributed by atoms with Crippen molar-refractivity contribution in [3.8, 4) is 22.8 Å². The lowest BCUT2D eigenvalue weighted by atomic mass is 9.81. The summed E-state index contributed by atoms with van der Waals surface area (Å²) in [5.74, 6) is -2.30. The average molecular weight is 1010 g/mol. The maximum absolute atomic E-state index is 14.8. The van der Waals surface area contributed by atoms with Crippen LogP contribution in [0.2, 0.25) is 0 Å². The first-order valence-corrected chi connectivity index (χ1v) is 25.1. The second-order valence-corrected chi connectivity index (χ2v) is 20.5. The second kappa shape index (κ2) is 16.8. The van der Waals surface area contributed by atoms with E-state index in [1.807, 2.05) is 0 Å². The van der Waals surface area contributed by atoms with Crippen molar-refractivity contribution in [2.45, 2.75) is 116 Å². The summed E-state index contributed by atoms with van der Waals surface area (Å²) < 4.78 is 68.7. The van der Waals surface area contributed by atoms with Crippen LogP contribution in [0.15, 0.2) is 33.9 Å². The number of fused-ring (bicyclic) bond motifs is 10. The van der Waals surface area contributed by atoms with E-state index in [0.717, 1.165) is 27.6 Å². The third-order valence-corrected chi connectivity index (χ3v) is 15.1. The van der Waals surface area contributed by atoms with Gasteiger partial charge in [-0.1, -0.05) is 13.8 Å². The molecule has 7 N–H and O–H groups in total. The summed E-state index contributed by atoms with van der Waals surface area (Å²) in [7, 11) is -3.67. The van der Waals surface area contributed by atoms with Crippen LogP contribution in [0.1, 0.15) is 118 Å². The Bertz CT molecular complexity index is 3720. The fourth-order valence-corrected chi connectivity index (χ4v) is 11.4. The average Bonchev–Trinajstić information content (AvgIpc) is 3.89. The first-order valence-electron chi connectivity index (χ1n) is 23.2. The van der Waals surface area contributed by atoms with E-state index in [9.17, 15) is 56.5 Å². The molecule has 19 nitrogen and oxygen atoms in total. The fraction of sp³-hybridized carbons (Fsp3) is 0.380. The standard InChI is InChI=1S/C25H22FN3O6.C24H22FN3O4.CH4O3S/c1-3-25(34)14-6-18-21-12(8-29(18)22(30)13(14)9-35-23(25)31)20-16(28-24(32)33)5-4-11-10(2)15(26)7-17(27-21)19(11)20;1-3-24(31)14-6-18-21-12(8-28(18)22(29)13(14)9-32-23(24)30)19-16(26)5-4-11-10(2)15(25)7-17(27-21)20(11)19;1-5(2,3)4/h6-7,16,28,34H,3-5,8-9H2,1-2H3,(H,32,33);6-7,16,31H,3-5,8-9,26H2,1-2H3;1H3,(H,2,3,4)/t16?,25-;16?,24-;/m00./s1. The Hall–Kier alpha value is -6.98. The lowest BCUT2D eigenvalue weighted by Gasteiger charge is -2.31. The molecule has 4 aromatic heterocycles. The first-order chi connectivity index (χ1) is 33.9. The number of halogens is 2. The van der Waals surface area contributed by atoms with Gasteiger partial charge in [0.1, 0.15) is 24.8 Å². The summed E-state index contributed by atoms with van der Waals surface area (Å²) >= 11 is 0. The molecule has 6 aliphatic rings. The van der Waals surface area contributed by atoms with E-state index in [2.05, 4.69) is 5.32 Å². The molecule has 8 heterocycles. The van der Waals surface area contributed by atoms with E-state index in [0.29, 0.717) is 93.4 Å². The van der Waals surface area contributed by atoms with Gasteiger partial charge in [0.25, 0.3) is 21.2 Å². The number of rotatable bonds is 3. The number of aliphatic hydroxyl groups is 2. The monoisotopic (exact) mass is 1010 g/mol. The zero-order chi connectivity index (χ0) is 51.8. The minimum absolute atomic E-state index is 0.0173. The van der Waals surface area contributed by atoms with E-state index >= 15 is 0 Å². The molecule has 12 rings (SSSR count). The number of nitrogens with two attached hydrogens (primary N) is 1. The fourth-order valence-electron chi connectivity index (χ4n) is 11.4. The molecular formula is C50H48F2N6O13S. The van der Waals surface area contributed by atoms with Gasteiger partial charge in [0.15, 0.2) is 11.2 Å². The molecule has 0 radical (unpaired) electrons. The van der Waals surface area contributed by atoms with Gasteiger partial charge in [0, 0.05) is 51.2 Å². The van der Waals surface area contributed by atoms with Crippen molar-refractivity contribution >= 4 is 50.0 Å². The molecule has 4 atom stereocenters. The smallest absolute Gasteiger partial charge is 0.405 e. The minimum atomic E-state index is -3.67. The molecule has 2 aromatic carbocycles. The van der Waals surface area contributed by atoms with Gasteiger partial charge >= 0.3 is 18.0 Å². The van der Waals surface area contributed by atoms with Gasteiger partial charge in [-0.05, 0) is 97.9 Å². The molecule has 6 aromatic rings. The Kier molecular flexibility index (Phi) is 11.3. The number of amides is 1. The Morgan fingerprint density at radius 2 is 1.17 bits per heavy atom. The van der Waals surface area contributed by atoms with Crippen molar-refractivity contribution < 1.29 is 60.9 Å². The normalized spacial score (nSPS) is 21.7. The highest BCUT2D eigenvalue weighted by molar-refractivity contribution is 7.85. The van der Waals surface area contributed by atoms with Crippen LogP contribution in [-0.2, 0) is 79.5 Å². The molecule has 376 valence electrons. The zero-order valence-electron chi connectivity index (χ0n) is 39.5. The lowest BCUT2D eigenvalue weighted by molar-refractivity contribution is -0.172. The third kappa shape index (κ3) is 7.24. The second-order valence-electron chi connectivity index (χ2n) is 19.0. The largest absolute Gasteiger partial charge is 0.465 e. The highest BCUT2D eigenvalue weighted by atomic mass is 32.2. The van der Waals surface area contributed by atoms with Crippen molar-refractivity contribution in [2.24, 2.45) is 5.73 Å². The zero-order valence-corrected chi connectivity index (χ0v) is 40.3. The summed E-state index contributed by atoms with van der Waals surface area (Å²) in [5.41, 5.74) is 11.6. The van der Waals surface area contributed by atoms with E-state index in [1.165, 1.54) is 16.7 Å². The van der Waals surface area contributed by atoms with Crippen molar-refractivity contribution in [1.29, 1.82) is 0 Å².